The highest BCUT2D eigenvalue weighted by atomic mass is 16.3. The van der Waals surface area contributed by atoms with Gasteiger partial charge in [-0.15, -0.1) is 0 Å². The smallest absolute Gasteiger partial charge is 0.0747 e. The Morgan fingerprint density at radius 3 is 2.74 bits per heavy atom. The number of aliphatic hydroxyl groups is 1. The van der Waals surface area contributed by atoms with Crippen molar-refractivity contribution < 1.29 is 5.11 Å². The third-order valence-electron chi connectivity index (χ3n) is 5.36. The van der Waals surface area contributed by atoms with Gasteiger partial charge < -0.3 is 16.6 Å². The van der Waals surface area contributed by atoms with E-state index in [4.69, 9.17) is 11.5 Å². The molecule has 0 saturated heterocycles. The standard InChI is InChI=1S/C16H24N2O/c17-10-9-15-6-1-2-7-16(15,19)8-5-12-3-4-13(18)11-14(12)15/h3-4,11,19H,1-2,5-10,17-18H2/t15-,16+/m0/s1. The van der Waals surface area contributed by atoms with E-state index in [1.165, 1.54) is 17.5 Å². The zero-order valence-corrected chi connectivity index (χ0v) is 11.5. The fourth-order valence-electron chi connectivity index (χ4n) is 4.40. The lowest BCUT2D eigenvalue weighted by molar-refractivity contribution is -0.0861. The molecule has 1 aromatic carbocycles. The predicted molar refractivity (Wildman–Crippen MR) is 77.9 cm³/mol. The molecule has 0 unspecified atom stereocenters. The molecule has 1 aromatic rings. The number of hydrogen-bond donors (Lipinski definition) is 3. The molecule has 0 spiro atoms. The van der Waals surface area contributed by atoms with Gasteiger partial charge in [0.15, 0.2) is 0 Å². The number of anilines is 1. The van der Waals surface area contributed by atoms with E-state index in [0.717, 1.165) is 44.2 Å². The summed E-state index contributed by atoms with van der Waals surface area (Å²) in [5.41, 5.74) is 14.5. The van der Waals surface area contributed by atoms with Crippen molar-refractivity contribution in [2.24, 2.45) is 5.73 Å². The molecule has 0 heterocycles. The molecule has 0 radical (unpaired) electrons. The second kappa shape index (κ2) is 4.50. The minimum Gasteiger partial charge on any atom is -0.399 e. The number of hydrogen-bond acceptors (Lipinski definition) is 3. The number of fused-ring (bicyclic) bond motifs is 3. The second-order valence-electron chi connectivity index (χ2n) is 6.28. The van der Waals surface area contributed by atoms with Crippen LogP contribution in [0.3, 0.4) is 0 Å². The fraction of sp³-hybridized carbons (Fsp3) is 0.625. The second-order valence-corrected chi connectivity index (χ2v) is 6.28. The summed E-state index contributed by atoms with van der Waals surface area (Å²) in [4.78, 5) is 0. The molecule has 3 rings (SSSR count). The maximum atomic E-state index is 11.2. The largest absolute Gasteiger partial charge is 0.399 e. The first kappa shape index (κ1) is 12.9. The van der Waals surface area contributed by atoms with Gasteiger partial charge in [0.25, 0.3) is 0 Å². The Kier molecular flexibility index (Phi) is 3.06. The molecule has 3 heteroatoms. The summed E-state index contributed by atoms with van der Waals surface area (Å²) < 4.78 is 0. The highest BCUT2D eigenvalue weighted by molar-refractivity contribution is 5.51. The lowest BCUT2D eigenvalue weighted by Gasteiger charge is -2.54. The van der Waals surface area contributed by atoms with Crippen LogP contribution in [-0.4, -0.2) is 17.3 Å². The minimum atomic E-state index is -0.578. The molecule has 1 fully saturated rings. The van der Waals surface area contributed by atoms with Gasteiger partial charge in [0.05, 0.1) is 5.60 Å². The molecule has 2 atom stereocenters. The summed E-state index contributed by atoms with van der Waals surface area (Å²) in [7, 11) is 0. The van der Waals surface area contributed by atoms with Gasteiger partial charge >= 0.3 is 0 Å². The van der Waals surface area contributed by atoms with Crippen molar-refractivity contribution in [3.05, 3.63) is 29.3 Å². The van der Waals surface area contributed by atoms with Crippen LogP contribution >= 0.6 is 0 Å². The van der Waals surface area contributed by atoms with Crippen LogP contribution in [-0.2, 0) is 11.8 Å². The van der Waals surface area contributed by atoms with Gasteiger partial charge in [-0.3, -0.25) is 0 Å². The third-order valence-corrected chi connectivity index (χ3v) is 5.36. The number of benzene rings is 1. The average Bonchev–Trinajstić information content (AvgIpc) is 2.40. The van der Waals surface area contributed by atoms with Crippen LogP contribution in [0.5, 0.6) is 0 Å². The monoisotopic (exact) mass is 260 g/mol. The van der Waals surface area contributed by atoms with Crippen molar-refractivity contribution in [2.75, 3.05) is 12.3 Å². The Hall–Kier alpha value is -1.06. The molecule has 3 nitrogen and oxygen atoms in total. The number of nitrogens with two attached hydrogens (primary N) is 2. The van der Waals surface area contributed by atoms with Gasteiger partial charge in [-0.2, -0.15) is 0 Å². The van der Waals surface area contributed by atoms with E-state index in [1.54, 1.807) is 0 Å². The highest BCUT2D eigenvalue weighted by Gasteiger charge is 2.54. The first-order valence-electron chi connectivity index (χ1n) is 7.43. The van der Waals surface area contributed by atoms with Crippen molar-refractivity contribution in [3.8, 4) is 0 Å². The van der Waals surface area contributed by atoms with Crippen LogP contribution in [0, 0.1) is 0 Å². The first-order chi connectivity index (χ1) is 9.11. The van der Waals surface area contributed by atoms with Gasteiger partial charge in [-0.05, 0) is 61.9 Å². The number of aryl methyl sites for hydroxylation is 1. The maximum absolute atomic E-state index is 11.2. The van der Waals surface area contributed by atoms with E-state index in [-0.39, 0.29) is 5.41 Å². The first-order valence-corrected chi connectivity index (χ1v) is 7.43. The van der Waals surface area contributed by atoms with Crippen molar-refractivity contribution >= 4 is 5.69 Å². The van der Waals surface area contributed by atoms with Crippen LogP contribution in [0.2, 0.25) is 0 Å². The molecule has 0 aromatic heterocycles. The Morgan fingerprint density at radius 1 is 1.16 bits per heavy atom. The van der Waals surface area contributed by atoms with Crippen LogP contribution < -0.4 is 11.5 Å². The molecule has 2 aliphatic rings. The molecular weight excluding hydrogens is 236 g/mol. The molecule has 0 bridgehead atoms. The van der Waals surface area contributed by atoms with Crippen molar-refractivity contribution in [3.63, 3.8) is 0 Å². The van der Waals surface area contributed by atoms with E-state index < -0.39 is 5.60 Å². The zero-order chi connectivity index (χ0) is 13.5. The maximum Gasteiger partial charge on any atom is 0.0747 e. The minimum absolute atomic E-state index is 0.164. The topological polar surface area (TPSA) is 72.3 Å². The summed E-state index contributed by atoms with van der Waals surface area (Å²) in [5, 5.41) is 11.2. The summed E-state index contributed by atoms with van der Waals surface area (Å²) in [6.07, 6.45) is 6.93. The number of rotatable bonds is 2. The van der Waals surface area contributed by atoms with Crippen LogP contribution in [0.4, 0.5) is 5.69 Å². The van der Waals surface area contributed by atoms with Gasteiger partial charge in [-0.25, -0.2) is 0 Å². The highest BCUT2D eigenvalue weighted by Crippen LogP contribution is 2.54. The predicted octanol–water partition coefficient (Wildman–Crippen LogP) is 2.11. The van der Waals surface area contributed by atoms with Crippen LogP contribution in [0.25, 0.3) is 0 Å². The number of nitrogen functional groups attached to an aromatic ring is 1. The van der Waals surface area contributed by atoms with E-state index >= 15 is 0 Å². The molecular formula is C16H24N2O. The van der Waals surface area contributed by atoms with Crippen LogP contribution in [0.15, 0.2) is 18.2 Å². The van der Waals surface area contributed by atoms with E-state index in [9.17, 15) is 5.11 Å². The lowest BCUT2D eigenvalue weighted by atomic mass is 9.53. The molecule has 19 heavy (non-hydrogen) atoms. The normalized spacial score (nSPS) is 33.6. The van der Waals surface area contributed by atoms with Crippen molar-refractivity contribution in [1.82, 2.24) is 0 Å². The molecule has 2 aliphatic carbocycles. The molecule has 5 N–H and O–H groups in total. The summed E-state index contributed by atoms with van der Waals surface area (Å²) >= 11 is 0. The van der Waals surface area contributed by atoms with E-state index in [0.29, 0.717) is 6.54 Å². The Morgan fingerprint density at radius 2 is 1.95 bits per heavy atom. The van der Waals surface area contributed by atoms with Gasteiger partial charge in [0.1, 0.15) is 0 Å². The zero-order valence-electron chi connectivity index (χ0n) is 11.5. The quantitative estimate of drug-likeness (QED) is 0.713. The van der Waals surface area contributed by atoms with Gasteiger partial charge in [0, 0.05) is 11.1 Å². The lowest BCUT2D eigenvalue weighted by Crippen LogP contribution is -2.57. The summed E-state index contributed by atoms with van der Waals surface area (Å²) in [6, 6.07) is 6.19. The Bertz CT molecular complexity index is 484. The van der Waals surface area contributed by atoms with E-state index in [2.05, 4.69) is 12.1 Å². The summed E-state index contributed by atoms with van der Waals surface area (Å²) in [5.74, 6) is 0. The Balaban J connectivity index is 2.17. The van der Waals surface area contributed by atoms with E-state index in [1.807, 2.05) is 6.07 Å². The van der Waals surface area contributed by atoms with Crippen LogP contribution in [0.1, 0.15) is 49.7 Å². The summed E-state index contributed by atoms with van der Waals surface area (Å²) in [6.45, 7) is 0.622. The van der Waals surface area contributed by atoms with Crippen molar-refractivity contribution in [2.45, 2.75) is 56.0 Å². The molecule has 0 aliphatic heterocycles. The van der Waals surface area contributed by atoms with Gasteiger partial charge in [-0.1, -0.05) is 18.9 Å². The molecule has 104 valence electrons. The fourth-order valence-corrected chi connectivity index (χ4v) is 4.40. The molecule has 0 amide bonds. The third kappa shape index (κ3) is 1.79. The molecule has 1 saturated carbocycles. The SMILES string of the molecule is NCC[C@]12CCCC[C@@]1(O)CCc1ccc(N)cc12. The van der Waals surface area contributed by atoms with Gasteiger partial charge in [0.2, 0.25) is 0 Å². The Labute approximate surface area is 115 Å². The average molecular weight is 260 g/mol. The van der Waals surface area contributed by atoms with Crippen molar-refractivity contribution in [1.29, 1.82) is 0 Å².